The van der Waals surface area contributed by atoms with Crippen molar-refractivity contribution in [3.63, 3.8) is 0 Å². The zero-order chi connectivity index (χ0) is 29.4. The molecule has 0 atom stereocenters. The summed E-state index contributed by atoms with van der Waals surface area (Å²) in [4.78, 5) is 3.50. The molecule has 2 heterocycles. The lowest BCUT2D eigenvalue weighted by Gasteiger charge is -2.08. The Kier molecular flexibility index (Phi) is 3.60. The van der Waals surface area contributed by atoms with Crippen LogP contribution < -0.4 is 0 Å². The third-order valence-corrected chi connectivity index (χ3v) is 7.41. The third-order valence-electron chi connectivity index (χ3n) is 7.41. The molecule has 2 heteroatoms. The van der Waals surface area contributed by atoms with E-state index < -0.39 is 6.04 Å². The molecule has 0 bridgehead atoms. The molecule has 178 valence electrons. The smallest absolute Gasteiger partial charge is 0.0629 e. The van der Waals surface area contributed by atoms with Crippen LogP contribution in [0.3, 0.4) is 0 Å². The molecular weight excluding hydrogens is 460 g/mol. The van der Waals surface area contributed by atoms with Crippen molar-refractivity contribution in [2.24, 2.45) is 0 Å². The second kappa shape index (κ2) is 8.22. The van der Waals surface area contributed by atoms with Gasteiger partial charge in [-0.3, -0.25) is 0 Å². The molecule has 0 spiro atoms. The zero-order valence-electron chi connectivity index (χ0n) is 25.3. The van der Waals surface area contributed by atoms with Crippen LogP contribution in [0.15, 0.2) is 139 Å². The predicted octanol–water partition coefficient (Wildman–Crippen LogP) is 9.75. The summed E-state index contributed by atoms with van der Waals surface area (Å²) in [5.74, 6) is 0. The molecule has 8 aromatic rings. The Morgan fingerprint density at radius 2 is 1.05 bits per heavy atom. The highest BCUT2D eigenvalue weighted by Crippen LogP contribution is 2.38. The Morgan fingerprint density at radius 3 is 1.79 bits per heavy atom. The average molecular weight is 490 g/mol. The summed E-state index contributed by atoms with van der Waals surface area (Å²) >= 11 is 0. The Balaban J connectivity index is 1.40. The molecule has 0 unspecified atom stereocenters. The van der Waals surface area contributed by atoms with Gasteiger partial charge in [-0.25, -0.2) is 0 Å². The Hall–Kier alpha value is -5.08. The number of rotatable bonds is 3. The van der Waals surface area contributed by atoms with Crippen molar-refractivity contribution < 1.29 is 6.85 Å². The minimum absolute atomic E-state index is 0.203. The van der Waals surface area contributed by atoms with Gasteiger partial charge in [0.1, 0.15) is 0 Å². The van der Waals surface area contributed by atoms with Crippen LogP contribution >= 0.6 is 0 Å². The van der Waals surface area contributed by atoms with Gasteiger partial charge in [0, 0.05) is 38.3 Å². The minimum Gasteiger partial charge on any atom is -0.355 e. The molecule has 6 aromatic carbocycles. The second-order valence-corrected chi connectivity index (χ2v) is 9.57. The van der Waals surface area contributed by atoms with Crippen molar-refractivity contribution >= 4 is 43.6 Å². The summed E-state index contributed by atoms with van der Waals surface area (Å²) in [5.41, 5.74) is 8.17. The largest absolute Gasteiger partial charge is 0.355 e. The molecule has 0 saturated carbocycles. The summed E-state index contributed by atoms with van der Waals surface area (Å²) in [6.45, 7) is 0. The molecule has 0 aliphatic rings. The lowest BCUT2D eigenvalue weighted by molar-refractivity contribution is 1.18. The van der Waals surface area contributed by atoms with Crippen LogP contribution in [0.1, 0.15) is 6.85 Å². The molecule has 8 rings (SSSR count). The van der Waals surface area contributed by atoms with Crippen molar-refractivity contribution in [3.8, 4) is 27.9 Å². The minimum atomic E-state index is -0.391. The fourth-order valence-corrected chi connectivity index (χ4v) is 5.64. The topological polar surface area (TPSA) is 20.7 Å². The Bertz CT molecular complexity index is 2370. The van der Waals surface area contributed by atoms with Crippen molar-refractivity contribution in [3.05, 3.63) is 139 Å². The number of benzene rings is 6. The van der Waals surface area contributed by atoms with E-state index in [1.165, 1.54) is 10.8 Å². The van der Waals surface area contributed by atoms with Crippen molar-refractivity contribution in [2.45, 2.75) is 0 Å². The molecule has 2 nitrogen and oxygen atoms in total. The van der Waals surface area contributed by atoms with Crippen LogP contribution in [0.2, 0.25) is 0 Å². The second-order valence-electron chi connectivity index (χ2n) is 9.57. The maximum absolute atomic E-state index is 8.56. The quantitative estimate of drug-likeness (QED) is 0.255. The van der Waals surface area contributed by atoms with E-state index in [2.05, 4.69) is 76.3 Å². The number of hydrogen-bond acceptors (Lipinski definition) is 0. The maximum Gasteiger partial charge on any atom is 0.0629 e. The first-order valence-corrected chi connectivity index (χ1v) is 12.6. The fourth-order valence-electron chi connectivity index (χ4n) is 5.64. The van der Waals surface area contributed by atoms with Crippen LogP contribution in [-0.4, -0.2) is 9.55 Å². The first-order chi connectivity index (χ1) is 20.9. The molecule has 38 heavy (non-hydrogen) atoms. The molecule has 0 radical (unpaired) electrons. The lowest BCUT2D eigenvalue weighted by Crippen LogP contribution is -1.93. The number of hydrogen-bond donors (Lipinski definition) is 1. The van der Waals surface area contributed by atoms with Gasteiger partial charge < -0.3 is 9.55 Å². The van der Waals surface area contributed by atoms with Crippen molar-refractivity contribution in [1.82, 2.24) is 9.55 Å². The molecule has 1 N–H and O–H groups in total. The molecular formula is C36H24N2. The van der Waals surface area contributed by atoms with Gasteiger partial charge in [0.25, 0.3) is 0 Å². The summed E-state index contributed by atoms with van der Waals surface area (Å²) < 4.78 is 43.8. The number of para-hydroxylation sites is 2. The lowest BCUT2D eigenvalue weighted by atomic mass is 9.99. The number of nitrogens with zero attached hydrogens (tertiary/aromatic N) is 1. The normalized spacial score (nSPS) is 13.5. The van der Waals surface area contributed by atoms with Crippen LogP contribution in [0, 0.1) is 0 Å². The number of nitrogens with one attached hydrogen (secondary N) is 1. The maximum atomic E-state index is 8.56. The van der Waals surface area contributed by atoms with Gasteiger partial charge >= 0.3 is 0 Å². The standard InChI is InChI=1S/C36H24N2/c1-3-9-24(10-4-1)25-16-19-35-31(22-25)32-23-27(17-20-36(32)38(35)28-11-5-2-6-12-28)26-15-18-34-30(21-26)29-13-7-8-14-33(29)37-34/h1-23,37H/i1D,3D,4D,9D,10D. The predicted molar refractivity (Wildman–Crippen MR) is 161 cm³/mol. The molecule has 0 aliphatic heterocycles. The van der Waals surface area contributed by atoms with Gasteiger partial charge in [-0.1, -0.05) is 84.8 Å². The van der Waals surface area contributed by atoms with Gasteiger partial charge in [-0.15, -0.1) is 0 Å². The molecule has 0 saturated heterocycles. The molecule has 2 aromatic heterocycles. The van der Waals surface area contributed by atoms with E-state index in [1.54, 1.807) is 0 Å². The summed E-state index contributed by atoms with van der Waals surface area (Å²) in [7, 11) is 0. The molecule has 0 fully saturated rings. The Labute approximate surface area is 227 Å². The van der Waals surface area contributed by atoms with E-state index in [4.69, 9.17) is 6.85 Å². The van der Waals surface area contributed by atoms with E-state index in [9.17, 15) is 0 Å². The van der Waals surface area contributed by atoms with Gasteiger partial charge in [-0.05, 0) is 76.9 Å². The first-order valence-electron chi connectivity index (χ1n) is 15.1. The van der Waals surface area contributed by atoms with Gasteiger partial charge in [0.2, 0.25) is 0 Å². The van der Waals surface area contributed by atoms with E-state index in [0.29, 0.717) is 5.56 Å². The van der Waals surface area contributed by atoms with E-state index >= 15 is 0 Å². The van der Waals surface area contributed by atoms with Crippen LogP contribution in [0.25, 0.3) is 71.6 Å². The van der Waals surface area contributed by atoms with Crippen LogP contribution in [0.5, 0.6) is 0 Å². The number of H-pyrrole nitrogens is 1. The van der Waals surface area contributed by atoms with Crippen molar-refractivity contribution in [1.29, 1.82) is 0 Å². The van der Waals surface area contributed by atoms with E-state index in [0.717, 1.165) is 49.7 Å². The highest BCUT2D eigenvalue weighted by Gasteiger charge is 2.15. The number of aromatic nitrogens is 2. The van der Waals surface area contributed by atoms with Gasteiger partial charge in [-0.2, -0.15) is 0 Å². The zero-order valence-corrected chi connectivity index (χ0v) is 20.3. The molecule has 0 aliphatic carbocycles. The summed E-state index contributed by atoms with van der Waals surface area (Å²) in [6.07, 6.45) is 0. The van der Waals surface area contributed by atoms with Gasteiger partial charge in [0.05, 0.1) is 17.9 Å². The highest BCUT2D eigenvalue weighted by molar-refractivity contribution is 6.12. The van der Waals surface area contributed by atoms with Crippen LogP contribution in [-0.2, 0) is 0 Å². The van der Waals surface area contributed by atoms with E-state index in [1.807, 2.05) is 42.5 Å². The van der Waals surface area contributed by atoms with Gasteiger partial charge in [0.15, 0.2) is 0 Å². The summed E-state index contributed by atoms with van der Waals surface area (Å²) in [5, 5.41) is 4.32. The average Bonchev–Trinajstić information content (AvgIpc) is 3.58. The van der Waals surface area contributed by atoms with E-state index in [-0.39, 0.29) is 29.7 Å². The third kappa shape index (κ3) is 3.21. The first kappa shape index (κ1) is 16.6. The SMILES string of the molecule is [2H]c1c([2H])c([2H])c(-c2ccc3c(c2)c2cc(-c4ccc5[nH]c6ccccc6c5c4)ccc2n3-c2ccccc2)c([2H])c1[2H]. The van der Waals surface area contributed by atoms with Crippen molar-refractivity contribution in [2.75, 3.05) is 0 Å². The molecule has 0 amide bonds. The fraction of sp³-hybridized carbons (Fsp3) is 0. The number of fused-ring (bicyclic) bond motifs is 6. The highest BCUT2D eigenvalue weighted by atomic mass is 15.0. The Morgan fingerprint density at radius 1 is 0.474 bits per heavy atom. The summed E-state index contributed by atoms with van der Waals surface area (Å²) in [6, 6.07) is 35.8. The monoisotopic (exact) mass is 489 g/mol. The van der Waals surface area contributed by atoms with Crippen LogP contribution in [0.4, 0.5) is 0 Å². The number of aromatic amines is 1.